The minimum Gasteiger partial charge on any atom is -0.320 e. The molecule has 4 nitrogen and oxygen atoms in total. The summed E-state index contributed by atoms with van der Waals surface area (Å²) < 4.78 is 0. The number of thioether (sulfide) groups is 1. The number of amides is 1. The molecule has 0 aromatic rings. The highest BCUT2D eigenvalue weighted by Gasteiger charge is 2.42. The Balaban J connectivity index is 2.19. The van der Waals surface area contributed by atoms with E-state index in [0.717, 1.165) is 24.9 Å². The van der Waals surface area contributed by atoms with Gasteiger partial charge >= 0.3 is 0 Å². The van der Waals surface area contributed by atoms with Gasteiger partial charge in [0.05, 0.1) is 17.5 Å². The van der Waals surface area contributed by atoms with Gasteiger partial charge in [-0.3, -0.25) is 4.79 Å². The van der Waals surface area contributed by atoms with Crippen LogP contribution in [0.2, 0.25) is 0 Å². The first-order valence-electron chi connectivity index (χ1n) is 4.38. The fourth-order valence-electron chi connectivity index (χ4n) is 1.85. The molecule has 0 aromatic heterocycles. The standard InChI is InChI=1S/C8H12N2O2S/c9-6-1-2-7-10(8(6)12)5(3-11)4-13-7/h3,5-7H,1-2,4,9H2/t5-,6+,7?/m0/s1. The van der Waals surface area contributed by atoms with Crippen LogP contribution in [0.4, 0.5) is 0 Å². The Kier molecular flexibility index (Phi) is 2.29. The highest BCUT2D eigenvalue weighted by molar-refractivity contribution is 8.00. The molecule has 2 heterocycles. The van der Waals surface area contributed by atoms with Crippen molar-refractivity contribution in [2.45, 2.75) is 30.3 Å². The van der Waals surface area contributed by atoms with Crippen molar-refractivity contribution in [3.63, 3.8) is 0 Å². The number of nitrogens with two attached hydrogens (primary N) is 1. The van der Waals surface area contributed by atoms with Crippen LogP contribution in [-0.4, -0.2) is 40.3 Å². The van der Waals surface area contributed by atoms with E-state index in [1.165, 1.54) is 0 Å². The van der Waals surface area contributed by atoms with E-state index in [1.54, 1.807) is 16.7 Å². The van der Waals surface area contributed by atoms with E-state index in [-0.39, 0.29) is 17.3 Å². The van der Waals surface area contributed by atoms with Crippen molar-refractivity contribution in [1.82, 2.24) is 4.90 Å². The monoisotopic (exact) mass is 200 g/mol. The van der Waals surface area contributed by atoms with Gasteiger partial charge in [0, 0.05) is 5.75 Å². The van der Waals surface area contributed by atoms with E-state index in [9.17, 15) is 9.59 Å². The van der Waals surface area contributed by atoms with E-state index in [0.29, 0.717) is 0 Å². The fourth-order valence-corrected chi connectivity index (χ4v) is 3.24. The summed E-state index contributed by atoms with van der Waals surface area (Å²) >= 11 is 1.68. The minimum absolute atomic E-state index is 0.0571. The number of hydrogen-bond acceptors (Lipinski definition) is 4. The average molecular weight is 200 g/mol. The number of carbonyl (C=O) groups excluding carboxylic acids is 2. The summed E-state index contributed by atoms with van der Waals surface area (Å²) in [5.74, 6) is 0.672. The SMILES string of the molecule is N[C@@H]1CCC2SC[C@H](C=O)N2C1=O. The molecule has 2 aliphatic heterocycles. The largest absolute Gasteiger partial charge is 0.320 e. The van der Waals surface area contributed by atoms with E-state index in [1.807, 2.05) is 0 Å². The number of aldehydes is 1. The van der Waals surface area contributed by atoms with E-state index in [4.69, 9.17) is 5.73 Å². The van der Waals surface area contributed by atoms with Gasteiger partial charge in [0.1, 0.15) is 6.29 Å². The lowest BCUT2D eigenvalue weighted by atomic mass is 10.0. The second kappa shape index (κ2) is 3.31. The summed E-state index contributed by atoms with van der Waals surface area (Å²) in [5.41, 5.74) is 5.63. The third kappa shape index (κ3) is 1.36. The Morgan fingerprint density at radius 2 is 2.31 bits per heavy atom. The van der Waals surface area contributed by atoms with Crippen molar-refractivity contribution in [2.24, 2.45) is 5.73 Å². The van der Waals surface area contributed by atoms with Crippen LogP contribution in [-0.2, 0) is 9.59 Å². The second-order valence-electron chi connectivity index (χ2n) is 3.42. The van der Waals surface area contributed by atoms with Gasteiger partial charge in [0.2, 0.25) is 5.91 Å². The molecule has 5 heteroatoms. The van der Waals surface area contributed by atoms with Crippen LogP contribution in [0.25, 0.3) is 0 Å². The number of piperidine rings is 1. The molecule has 2 N–H and O–H groups in total. The van der Waals surface area contributed by atoms with Crippen LogP contribution >= 0.6 is 11.8 Å². The quantitative estimate of drug-likeness (QED) is 0.584. The van der Waals surface area contributed by atoms with E-state index >= 15 is 0 Å². The van der Waals surface area contributed by atoms with Crippen molar-refractivity contribution in [1.29, 1.82) is 0 Å². The highest BCUT2D eigenvalue weighted by Crippen LogP contribution is 2.35. The number of nitrogens with zero attached hydrogens (tertiary/aromatic N) is 1. The molecule has 0 aromatic carbocycles. The maximum absolute atomic E-state index is 11.6. The van der Waals surface area contributed by atoms with E-state index < -0.39 is 6.04 Å². The predicted molar refractivity (Wildman–Crippen MR) is 50.2 cm³/mol. The molecule has 0 aliphatic carbocycles. The second-order valence-corrected chi connectivity index (χ2v) is 4.63. The molecular formula is C8H12N2O2S. The van der Waals surface area contributed by atoms with Gasteiger partial charge in [-0.2, -0.15) is 0 Å². The van der Waals surface area contributed by atoms with E-state index in [2.05, 4.69) is 0 Å². The van der Waals surface area contributed by atoms with Gasteiger partial charge in [-0.05, 0) is 12.8 Å². The molecule has 3 atom stereocenters. The molecule has 2 fully saturated rings. The topological polar surface area (TPSA) is 63.4 Å². The average Bonchev–Trinajstić information content (AvgIpc) is 2.55. The van der Waals surface area contributed by atoms with Crippen molar-refractivity contribution < 1.29 is 9.59 Å². The molecular weight excluding hydrogens is 188 g/mol. The van der Waals surface area contributed by atoms with Crippen LogP contribution < -0.4 is 5.73 Å². The Morgan fingerprint density at radius 1 is 1.54 bits per heavy atom. The van der Waals surface area contributed by atoms with Gasteiger partial charge in [-0.15, -0.1) is 11.8 Å². The molecule has 0 spiro atoms. The number of fused-ring (bicyclic) bond motifs is 1. The Morgan fingerprint density at radius 3 is 3.00 bits per heavy atom. The molecule has 0 saturated carbocycles. The van der Waals surface area contributed by atoms with Crippen LogP contribution in [0.1, 0.15) is 12.8 Å². The van der Waals surface area contributed by atoms with Gasteiger partial charge in [-0.25, -0.2) is 0 Å². The van der Waals surface area contributed by atoms with Crippen LogP contribution in [0, 0.1) is 0 Å². The molecule has 1 amide bonds. The maximum Gasteiger partial charge on any atom is 0.241 e. The summed E-state index contributed by atoms with van der Waals surface area (Å²) in [5, 5.41) is 0.197. The summed E-state index contributed by atoms with van der Waals surface area (Å²) in [6, 6.07) is -0.633. The molecule has 0 radical (unpaired) electrons. The summed E-state index contributed by atoms with van der Waals surface area (Å²) in [6.45, 7) is 0. The number of hydrogen-bond donors (Lipinski definition) is 1. The molecule has 13 heavy (non-hydrogen) atoms. The Bertz CT molecular complexity index is 246. The smallest absolute Gasteiger partial charge is 0.241 e. The zero-order chi connectivity index (χ0) is 9.42. The fraction of sp³-hybridized carbons (Fsp3) is 0.750. The molecule has 0 bridgehead atoms. The lowest BCUT2D eigenvalue weighted by Gasteiger charge is -2.34. The molecule has 1 unspecified atom stereocenters. The summed E-state index contributed by atoms with van der Waals surface area (Å²) in [7, 11) is 0. The number of carbonyl (C=O) groups is 2. The highest BCUT2D eigenvalue weighted by atomic mass is 32.2. The first-order valence-corrected chi connectivity index (χ1v) is 5.43. The van der Waals surface area contributed by atoms with Gasteiger partial charge < -0.3 is 15.4 Å². The lowest BCUT2D eigenvalue weighted by Crippen LogP contribution is -2.53. The van der Waals surface area contributed by atoms with Crippen molar-refractivity contribution >= 4 is 24.0 Å². The third-order valence-corrected chi connectivity index (χ3v) is 3.96. The minimum atomic E-state index is -0.391. The van der Waals surface area contributed by atoms with Crippen LogP contribution in [0.15, 0.2) is 0 Å². The third-order valence-electron chi connectivity index (χ3n) is 2.58. The Labute approximate surface area is 80.8 Å². The predicted octanol–water partition coefficient (Wildman–Crippen LogP) is -0.424. The van der Waals surface area contributed by atoms with Gasteiger partial charge in [0.25, 0.3) is 0 Å². The molecule has 2 rings (SSSR count). The van der Waals surface area contributed by atoms with Gasteiger partial charge in [-0.1, -0.05) is 0 Å². The van der Waals surface area contributed by atoms with Gasteiger partial charge in [0.15, 0.2) is 0 Å². The molecule has 2 saturated heterocycles. The lowest BCUT2D eigenvalue weighted by molar-refractivity contribution is -0.139. The van der Waals surface area contributed by atoms with Crippen molar-refractivity contribution in [3.05, 3.63) is 0 Å². The Hall–Kier alpha value is -0.550. The van der Waals surface area contributed by atoms with Crippen molar-refractivity contribution in [2.75, 3.05) is 5.75 Å². The van der Waals surface area contributed by atoms with Crippen LogP contribution in [0.5, 0.6) is 0 Å². The maximum atomic E-state index is 11.6. The van der Waals surface area contributed by atoms with Crippen molar-refractivity contribution in [3.8, 4) is 0 Å². The molecule has 72 valence electrons. The number of rotatable bonds is 1. The first kappa shape index (κ1) is 9.02. The zero-order valence-corrected chi connectivity index (χ0v) is 8.00. The first-order chi connectivity index (χ1) is 6.24. The normalized spacial score (nSPS) is 39.0. The zero-order valence-electron chi connectivity index (χ0n) is 7.18. The summed E-state index contributed by atoms with van der Waals surface area (Å²) in [4.78, 5) is 23.9. The molecule has 2 aliphatic rings. The van der Waals surface area contributed by atoms with Crippen LogP contribution in [0.3, 0.4) is 0 Å². The summed E-state index contributed by atoms with van der Waals surface area (Å²) in [6.07, 6.45) is 2.52.